The van der Waals surface area contributed by atoms with Gasteiger partial charge >= 0.3 is 6.03 Å². The lowest BCUT2D eigenvalue weighted by Gasteiger charge is -2.38. The number of aryl methyl sites for hydroxylation is 2. The molecule has 1 fully saturated rings. The molecule has 1 unspecified atom stereocenters. The molecule has 1 aliphatic heterocycles. The molecule has 0 radical (unpaired) electrons. The standard InChI is InChI=1S/C21H31N5O2/c1-15-9-11-26(12-10-15)19(18-8-6-5-7-16(18)2)13-22-21(27)25(4)14-20-24-23-17(3)28-20/h5-8,15,19H,9-14H2,1-4H3,(H,22,27). The maximum atomic E-state index is 12.6. The first kappa shape index (κ1) is 20.3. The number of nitrogens with one attached hydrogen (secondary N) is 1. The van der Waals surface area contributed by atoms with Gasteiger partial charge in [-0.05, 0) is 49.9 Å². The molecule has 1 saturated heterocycles. The summed E-state index contributed by atoms with van der Waals surface area (Å²) in [5.41, 5.74) is 2.54. The summed E-state index contributed by atoms with van der Waals surface area (Å²) in [7, 11) is 1.74. The van der Waals surface area contributed by atoms with Crippen molar-refractivity contribution in [1.29, 1.82) is 0 Å². The van der Waals surface area contributed by atoms with Gasteiger partial charge < -0.3 is 14.6 Å². The Morgan fingerprint density at radius 2 is 2.00 bits per heavy atom. The zero-order valence-corrected chi connectivity index (χ0v) is 17.3. The van der Waals surface area contributed by atoms with Crippen molar-refractivity contribution in [2.24, 2.45) is 5.92 Å². The Kier molecular flexibility index (Phi) is 6.67. The molecular formula is C21H31N5O2. The van der Waals surface area contributed by atoms with Gasteiger partial charge in [0, 0.05) is 20.5 Å². The summed E-state index contributed by atoms with van der Waals surface area (Å²) >= 11 is 0. The number of likely N-dealkylation sites (tertiary alicyclic amines) is 1. The highest BCUT2D eigenvalue weighted by molar-refractivity contribution is 5.73. The highest BCUT2D eigenvalue weighted by atomic mass is 16.4. The Hall–Kier alpha value is -2.41. The molecule has 7 heteroatoms. The number of carbonyl (C=O) groups is 1. The van der Waals surface area contributed by atoms with E-state index in [9.17, 15) is 4.79 Å². The number of hydrogen-bond acceptors (Lipinski definition) is 5. The van der Waals surface area contributed by atoms with Crippen LogP contribution in [0.25, 0.3) is 0 Å². The van der Waals surface area contributed by atoms with E-state index in [0.29, 0.717) is 24.9 Å². The quantitative estimate of drug-likeness (QED) is 0.826. The van der Waals surface area contributed by atoms with Crippen LogP contribution >= 0.6 is 0 Å². The Labute approximate surface area is 167 Å². The van der Waals surface area contributed by atoms with Crippen LogP contribution in [0.15, 0.2) is 28.7 Å². The average Bonchev–Trinajstić information content (AvgIpc) is 3.09. The highest BCUT2D eigenvalue weighted by Crippen LogP contribution is 2.28. The van der Waals surface area contributed by atoms with Crippen LogP contribution in [0.5, 0.6) is 0 Å². The number of amides is 2. The minimum atomic E-state index is -0.139. The van der Waals surface area contributed by atoms with Crippen molar-refractivity contribution in [2.75, 3.05) is 26.7 Å². The van der Waals surface area contributed by atoms with Crippen LogP contribution in [0, 0.1) is 19.8 Å². The molecule has 2 heterocycles. The Morgan fingerprint density at radius 1 is 1.29 bits per heavy atom. The van der Waals surface area contributed by atoms with E-state index in [4.69, 9.17) is 4.42 Å². The number of nitrogens with zero attached hydrogens (tertiary/aromatic N) is 4. The number of benzene rings is 1. The molecule has 2 aromatic rings. The van der Waals surface area contributed by atoms with E-state index in [0.717, 1.165) is 19.0 Å². The van der Waals surface area contributed by atoms with Gasteiger partial charge in [-0.15, -0.1) is 10.2 Å². The van der Waals surface area contributed by atoms with Crippen LogP contribution in [0.3, 0.4) is 0 Å². The number of urea groups is 1. The van der Waals surface area contributed by atoms with Crippen LogP contribution in [0.4, 0.5) is 4.79 Å². The van der Waals surface area contributed by atoms with E-state index in [1.54, 1.807) is 18.9 Å². The number of aromatic nitrogens is 2. The van der Waals surface area contributed by atoms with E-state index >= 15 is 0 Å². The van der Waals surface area contributed by atoms with Crippen LogP contribution in [0.2, 0.25) is 0 Å². The highest BCUT2D eigenvalue weighted by Gasteiger charge is 2.26. The second-order valence-electron chi connectivity index (χ2n) is 7.85. The van der Waals surface area contributed by atoms with Crippen LogP contribution < -0.4 is 5.32 Å². The molecular weight excluding hydrogens is 354 g/mol. The van der Waals surface area contributed by atoms with Crippen LogP contribution in [-0.4, -0.2) is 52.7 Å². The largest absolute Gasteiger partial charge is 0.424 e. The van der Waals surface area contributed by atoms with Gasteiger partial charge in [-0.25, -0.2) is 4.79 Å². The van der Waals surface area contributed by atoms with E-state index in [-0.39, 0.29) is 12.1 Å². The number of hydrogen-bond donors (Lipinski definition) is 1. The topological polar surface area (TPSA) is 74.5 Å². The van der Waals surface area contributed by atoms with E-state index in [2.05, 4.69) is 58.5 Å². The van der Waals surface area contributed by atoms with Gasteiger partial charge in [-0.2, -0.15) is 0 Å². The first-order chi connectivity index (χ1) is 13.4. The van der Waals surface area contributed by atoms with Crippen molar-refractivity contribution in [3.63, 3.8) is 0 Å². The molecule has 0 aliphatic carbocycles. The lowest BCUT2D eigenvalue weighted by molar-refractivity contribution is 0.133. The van der Waals surface area contributed by atoms with Crippen LogP contribution in [0.1, 0.15) is 48.7 Å². The molecule has 1 aromatic carbocycles. The van der Waals surface area contributed by atoms with Gasteiger partial charge in [0.25, 0.3) is 0 Å². The minimum absolute atomic E-state index is 0.139. The fourth-order valence-corrected chi connectivity index (χ4v) is 3.73. The first-order valence-corrected chi connectivity index (χ1v) is 10.0. The molecule has 0 saturated carbocycles. The third kappa shape index (κ3) is 5.10. The summed E-state index contributed by atoms with van der Waals surface area (Å²) in [4.78, 5) is 16.7. The maximum absolute atomic E-state index is 12.6. The lowest BCUT2D eigenvalue weighted by atomic mass is 9.94. The molecule has 28 heavy (non-hydrogen) atoms. The van der Waals surface area contributed by atoms with Gasteiger partial charge in [0.1, 0.15) is 6.54 Å². The molecule has 7 nitrogen and oxygen atoms in total. The van der Waals surface area contributed by atoms with Crippen molar-refractivity contribution in [2.45, 2.75) is 46.2 Å². The average molecular weight is 386 g/mol. The van der Waals surface area contributed by atoms with E-state index in [1.807, 2.05) is 0 Å². The zero-order valence-electron chi connectivity index (χ0n) is 17.3. The molecule has 3 rings (SSSR count). The summed E-state index contributed by atoms with van der Waals surface area (Å²) in [6.45, 7) is 9.19. The summed E-state index contributed by atoms with van der Waals surface area (Å²) in [5, 5.41) is 10.9. The summed E-state index contributed by atoms with van der Waals surface area (Å²) < 4.78 is 5.37. The second kappa shape index (κ2) is 9.19. The molecule has 152 valence electrons. The minimum Gasteiger partial charge on any atom is -0.424 e. The maximum Gasteiger partial charge on any atom is 0.317 e. The monoisotopic (exact) mass is 385 g/mol. The first-order valence-electron chi connectivity index (χ1n) is 10.0. The van der Waals surface area contributed by atoms with Gasteiger partial charge in [0.05, 0.1) is 6.04 Å². The van der Waals surface area contributed by atoms with Crippen molar-refractivity contribution in [3.05, 3.63) is 47.2 Å². The molecule has 1 N–H and O–H groups in total. The van der Waals surface area contributed by atoms with Crippen molar-refractivity contribution in [3.8, 4) is 0 Å². The lowest BCUT2D eigenvalue weighted by Crippen LogP contribution is -2.45. The predicted molar refractivity (Wildman–Crippen MR) is 108 cm³/mol. The van der Waals surface area contributed by atoms with Crippen molar-refractivity contribution < 1.29 is 9.21 Å². The smallest absolute Gasteiger partial charge is 0.317 e. The fraction of sp³-hybridized carbons (Fsp3) is 0.571. The molecule has 1 aliphatic rings. The molecule has 0 bridgehead atoms. The van der Waals surface area contributed by atoms with Crippen LogP contribution in [-0.2, 0) is 6.54 Å². The third-order valence-electron chi connectivity index (χ3n) is 5.54. The molecule has 2 amide bonds. The fourth-order valence-electron chi connectivity index (χ4n) is 3.73. The SMILES string of the molecule is Cc1nnc(CN(C)C(=O)NCC(c2ccccc2C)N2CCC(C)CC2)o1. The van der Waals surface area contributed by atoms with E-state index < -0.39 is 0 Å². The van der Waals surface area contributed by atoms with Crippen molar-refractivity contribution in [1.82, 2.24) is 25.3 Å². The number of piperidine rings is 1. The zero-order chi connectivity index (χ0) is 20.1. The predicted octanol–water partition coefficient (Wildman–Crippen LogP) is 3.30. The van der Waals surface area contributed by atoms with E-state index in [1.165, 1.54) is 24.0 Å². The molecule has 1 aromatic heterocycles. The Balaban J connectivity index is 1.65. The van der Waals surface area contributed by atoms with Gasteiger partial charge in [0.2, 0.25) is 11.8 Å². The summed E-state index contributed by atoms with van der Waals surface area (Å²) in [5.74, 6) is 1.71. The summed E-state index contributed by atoms with van der Waals surface area (Å²) in [6.07, 6.45) is 2.40. The van der Waals surface area contributed by atoms with Gasteiger partial charge in [-0.3, -0.25) is 4.90 Å². The van der Waals surface area contributed by atoms with Gasteiger partial charge in [-0.1, -0.05) is 31.2 Å². The Bertz CT molecular complexity index is 783. The normalized spacial score (nSPS) is 16.7. The Morgan fingerprint density at radius 3 is 2.64 bits per heavy atom. The van der Waals surface area contributed by atoms with Crippen molar-refractivity contribution >= 4 is 6.03 Å². The summed E-state index contributed by atoms with van der Waals surface area (Å²) in [6, 6.07) is 8.49. The second-order valence-corrected chi connectivity index (χ2v) is 7.85. The molecule has 1 atom stereocenters. The third-order valence-corrected chi connectivity index (χ3v) is 5.54. The number of rotatable bonds is 6. The number of carbonyl (C=O) groups excluding carboxylic acids is 1. The van der Waals surface area contributed by atoms with Gasteiger partial charge in [0.15, 0.2) is 0 Å². The molecule has 0 spiro atoms.